The molecule has 1 aromatic heterocycles. The second-order valence-corrected chi connectivity index (χ2v) is 4.87. The minimum absolute atomic E-state index is 0.203. The lowest BCUT2D eigenvalue weighted by Crippen LogP contribution is -1.91. The Bertz CT molecular complexity index is 555. The molecule has 0 bridgehead atoms. The lowest BCUT2D eigenvalue weighted by atomic mass is 10.2. The maximum Gasteiger partial charge on any atom is 0.205 e. The van der Waals surface area contributed by atoms with Gasteiger partial charge in [0.15, 0.2) is 0 Å². The standard InChI is InChI=1S/C10H9BrN4OS/c11-8-3-7(16)2-1-6(8)4-13-15-10-14-9(12)5-17-10/h1-5,16H,12H2,(H,14,15). The van der Waals surface area contributed by atoms with Crippen molar-refractivity contribution in [1.29, 1.82) is 0 Å². The van der Waals surface area contributed by atoms with Gasteiger partial charge in [-0.1, -0.05) is 0 Å². The summed E-state index contributed by atoms with van der Waals surface area (Å²) in [6.45, 7) is 0. The molecule has 7 heteroatoms. The van der Waals surface area contributed by atoms with Crippen LogP contribution in [0.2, 0.25) is 0 Å². The molecule has 5 nitrogen and oxygen atoms in total. The van der Waals surface area contributed by atoms with E-state index in [0.717, 1.165) is 10.0 Å². The highest BCUT2D eigenvalue weighted by Crippen LogP contribution is 2.21. The number of nitrogen functional groups attached to an aromatic ring is 1. The monoisotopic (exact) mass is 312 g/mol. The van der Waals surface area contributed by atoms with Gasteiger partial charge in [0.05, 0.1) is 6.21 Å². The molecule has 1 aromatic carbocycles. The molecule has 0 aliphatic carbocycles. The molecule has 0 aliphatic rings. The van der Waals surface area contributed by atoms with Crippen molar-refractivity contribution in [1.82, 2.24) is 4.98 Å². The van der Waals surface area contributed by atoms with Gasteiger partial charge in [-0.05, 0) is 34.1 Å². The van der Waals surface area contributed by atoms with Gasteiger partial charge in [-0.2, -0.15) is 5.10 Å². The summed E-state index contributed by atoms with van der Waals surface area (Å²) in [4.78, 5) is 4.00. The summed E-state index contributed by atoms with van der Waals surface area (Å²) >= 11 is 4.70. The summed E-state index contributed by atoms with van der Waals surface area (Å²) in [6, 6.07) is 4.94. The molecule has 4 N–H and O–H groups in total. The van der Waals surface area contributed by atoms with Crippen LogP contribution in [0, 0.1) is 0 Å². The van der Waals surface area contributed by atoms with E-state index in [0.29, 0.717) is 10.9 Å². The number of rotatable bonds is 3. The smallest absolute Gasteiger partial charge is 0.205 e. The van der Waals surface area contributed by atoms with Crippen LogP contribution in [-0.4, -0.2) is 16.3 Å². The van der Waals surface area contributed by atoms with E-state index in [1.165, 1.54) is 11.3 Å². The Morgan fingerprint density at radius 2 is 2.35 bits per heavy atom. The van der Waals surface area contributed by atoms with E-state index >= 15 is 0 Å². The van der Waals surface area contributed by atoms with Crippen molar-refractivity contribution in [2.75, 3.05) is 11.2 Å². The van der Waals surface area contributed by atoms with Crippen molar-refractivity contribution in [3.8, 4) is 5.75 Å². The summed E-state index contributed by atoms with van der Waals surface area (Å²) < 4.78 is 0.765. The number of anilines is 2. The van der Waals surface area contributed by atoms with Crippen LogP contribution in [0.4, 0.5) is 10.9 Å². The normalized spacial score (nSPS) is 10.9. The third-order valence-corrected chi connectivity index (χ3v) is 3.32. The van der Waals surface area contributed by atoms with Crippen molar-refractivity contribution in [2.24, 2.45) is 5.10 Å². The quantitative estimate of drug-likeness (QED) is 0.601. The van der Waals surface area contributed by atoms with Crippen LogP contribution < -0.4 is 11.2 Å². The van der Waals surface area contributed by atoms with Gasteiger partial charge < -0.3 is 10.8 Å². The third-order valence-electron chi connectivity index (χ3n) is 1.87. The minimum Gasteiger partial charge on any atom is -0.508 e. The molecule has 1 heterocycles. The average Bonchev–Trinajstić information content (AvgIpc) is 2.68. The zero-order valence-corrected chi connectivity index (χ0v) is 11.0. The summed E-state index contributed by atoms with van der Waals surface area (Å²) in [5, 5.41) is 15.6. The van der Waals surface area contributed by atoms with Gasteiger partial charge in [0.2, 0.25) is 5.13 Å². The van der Waals surface area contributed by atoms with E-state index < -0.39 is 0 Å². The molecule has 0 amide bonds. The molecule has 0 saturated heterocycles. The number of nitrogens with zero attached hydrogens (tertiary/aromatic N) is 2. The Hall–Kier alpha value is -1.60. The number of nitrogens with one attached hydrogen (secondary N) is 1. The lowest BCUT2D eigenvalue weighted by molar-refractivity contribution is 0.475. The van der Waals surface area contributed by atoms with Crippen LogP contribution >= 0.6 is 27.3 Å². The number of hydrogen-bond acceptors (Lipinski definition) is 6. The van der Waals surface area contributed by atoms with Crippen LogP contribution in [0.1, 0.15) is 5.56 Å². The van der Waals surface area contributed by atoms with E-state index in [2.05, 4.69) is 31.4 Å². The number of hydrogen-bond donors (Lipinski definition) is 3. The van der Waals surface area contributed by atoms with Crippen molar-refractivity contribution in [3.63, 3.8) is 0 Å². The molecule has 2 aromatic rings. The van der Waals surface area contributed by atoms with E-state index in [-0.39, 0.29) is 5.75 Å². The molecule has 0 aliphatic heterocycles. The van der Waals surface area contributed by atoms with Crippen molar-refractivity contribution in [2.45, 2.75) is 0 Å². The first kappa shape index (κ1) is 11.9. The Kier molecular flexibility index (Phi) is 3.60. The zero-order chi connectivity index (χ0) is 12.3. The molecular weight excluding hydrogens is 304 g/mol. The molecule has 0 spiro atoms. The predicted octanol–water partition coefficient (Wildman–Crippen LogP) is 2.64. The fourth-order valence-corrected chi connectivity index (χ4v) is 2.13. The number of nitrogens with two attached hydrogens (primary N) is 1. The van der Waals surface area contributed by atoms with Gasteiger partial charge in [-0.3, -0.25) is 5.43 Å². The number of thiazole rings is 1. The van der Waals surface area contributed by atoms with Crippen LogP contribution in [0.3, 0.4) is 0 Å². The van der Waals surface area contributed by atoms with Crippen LogP contribution in [0.5, 0.6) is 5.75 Å². The second-order valence-electron chi connectivity index (χ2n) is 3.15. The summed E-state index contributed by atoms with van der Waals surface area (Å²) in [7, 11) is 0. The lowest BCUT2D eigenvalue weighted by Gasteiger charge is -1.98. The molecule has 0 unspecified atom stereocenters. The fourth-order valence-electron chi connectivity index (χ4n) is 1.12. The number of phenols is 1. The number of benzene rings is 1. The van der Waals surface area contributed by atoms with E-state index in [4.69, 9.17) is 5.73 Å². The zero-order valence-electron chi connectivity index (χ0n) is 8.59. The van der Waals surface area contributed by atoms with Crippen LogP contribution in [-0.2, 0) is 0 Å². The van der Waals surface area contributed by atoms with Crippen LogP contribution in [0.15, 0.2) is 33.2 Å². The predicted molar refractivity (Wildman–Crippen MR) is 73.5 cm³/mol. The van der Waals surface area contributed by atoms with Crippen molar-refractivity contribution < 1.29 is 5.11 Å². The molecule has 0 fully saturated rings. The highest BCUT2D eigenvalue weighted by Gasteiger charge is 1.98. The first-order valence-corrected chi connectivity index (χ1v) is 6.31. The van der Waals surface area contributed by atoms with Crippen molar-refractivity contribution >= 4 is 44.4 Å². The van der Waals surface area contributed by atoms with Gasteiger partial charge in [0, 0.05) is 15.4 Å². The highest BCUT2D eigenvalue weighted by molar-refractivity contribution is 9.10. The van der Waals surface area contributed by atoms with E-state index in [9.17, 15) is 5.11 Å². The fraction of sp³-hybridized carbons (Fsp3) is 0. The van der Waals surface area contributed by atoms with Crippen LogP contribution in [0.25, 0.3) is 0 Å². The molecule has 0 saturated carbocycles. The Morgan fingerprint density at radius 1 is 1.53 bits per heavy atom. The maximum atomic E-state index is 9.23. The third kappa shape index (κ3) is 3.18. The van der Waals surface area contributed by atoms with E-state index in [1.807, 2.05) is 0 Å². The average molecular weight is 313 g/mol. The Balaban J connectivity index is 2.05. The number of hydrazone groups is 1. The topological polar surface area (TPSA) is 83.5 Å². The summed E-state index contributed by atoms with van der Waals surface area (Å²) in [6.07, 6.45) is 1.63. The van der Waals surface area contributed by atoms with Gasteiger partial charge in [0.25, 0.3) is 0 Å². The summed E-state index contributed by atoms with van der Waals surface area (Å²) in [5.74, 6) is 0.674. The molecule has 88 valence electrons. The highest BCUT2D eigenvalue weighted by atomic mass is 79.9. The minimum atomic E-state index is 0.203. The molecule has 0 radical (unpaired) electrons. The van der Waals surface area contributed by atoms with Gasteiger partial charge >= 0.3 is 0 Å². The largest absolute Gasteiger partial charge is 0.508 e. The first-order chi connectivity index (χ1) is 8.15. The second kappa shape index (κ2) is 5.15. The Labute approximate surface area is 110 Å². The molecule has 17 heavy (non-hydrogen) atoms. The van der Waals surface area contributed by atoms with Gasteiger partial charge in [0.1, 0.15) is 11.6 Å². The molecule has 0 atom stereocenters. The number of aromatic hydroxyl groups is 1. The molecule has 2 rings (SSSR count). The van der Waals surface area contributed by atoms with Crippen molar-refractivity contribution in [3.05, 3.63) is 33.6 Å². The van der Waals surface area contributed by atoms with Gasteiger partial charge in [-0.15, -0.1) is 11.3 Å². The van der Waals surface area contributed by atoms with E-state index in [1.54, 1.807) is 29.8 Å². The SMILES string of the molecule is Nc1csc(NN=Cc2ccc(O)cc2Br)n1. The molecular formula is C10H9BrN4OS. The van der Waals surface area contributed by atoms with Gasteiger partial charge in [-0.25, -0.2) is 4.98 Å². The number of aromatic nitrogens is 1. The maximum absolute atomic E-state index is 9.23. The summed E-state index contributed by atoms with van der Waals surface area (Å²) in [5.41, 5.74) is 9.09. The first-order valence-electron chi connectivity index (χ1n) is 4.64. The Morgan fingerprint density at radius 3 is 3.00 bits per heavy atom. The number of phenolic OH excluding ortho intramolecular Hbond substituents is 1. The number of halogens is 1.